The summed E-state index contributed by atoms with van der Waals surface area (Å²) in [5.41, 5.74) is 3.12. The molecule has 1 N–H and O–H groups in total. The summed E-state index contributed by atoms with van der Waals surface area (Å²) in [4.78, 5) is 36.2. The number of aromatic nitrogens is 4. The van der Waals surface area contributed by atoms with Crippen LogP contribution in [0, 0.1) is 0 Å². The number of carbonyl (C=O) groups excluding carboxylic acids is 2. The van der Waals surface area contributed by atoms with Crippen molar-refractivity contribution >= 4 is 27.7 Å². The topological polar surface area (TPSA) is 102 Å². The third-order valence-electron chi connectivity index (χ3n) is 6.34. The van der Waals surface area contributed by atoms with E-state index in [1.165, 1.54) is 6.33 Å². The van der Waals surface area contributed by atoms with Crippen molar-refractivity contribution in [1.82, 2.24) is 30.0 Å². The molecule has 0 atom stereocenters. The summed E-state index contributed by atoms with van der Waals surface area (Å²) in [6, 6.07) is 5.77. The number of halogens is 1. The van der Waals surface area contributed by atoms with Crippen molar-refractivity contribution in [2.24, 2.45) is 0 Å². The van der Waals surface area contributed by atoms with Gasteiger partial charge in [0, 0.05) is 36.5 Å². The number of nitrogens with one attached hydrogen (secondary N) is 1. The molecule has 1 aliphatic heterocycles. The second kappa shape index (κ2) is 7.95. The lowest BCUT2D eigenvalue weighted by atomic mass is 9.88. The Hall–Kier alpha value is -3.27. The van der Waals surface area contributed by atoms with Gasteiger partial charge in [0.15, 0.2) is 11.5 Å². The minimum absolute atomic E-state index is 0.174. The first kappa shape index (κ1) is 21.6. The summed E-state index contributed by atoms with van der Waals surface area (Å²) >= 11 is 3.59. The molecular weight excluding hydrogens is 488 g/mol. The summed E-state index contributed by atoms with van der Waals surface area (Å²) < 4.78 is 8.00. The number of hydrogen-bond acceptors (Lipinski definition) is 6. The van der Waals surface area contributed by atoms with Crippen molar-refractivity contribution in [3.8, 4) is 22.8 Å². The molecule has 0 bridgehead atoms. The van der Waals surface area contributed by atoms with Gasteiger partial charge in [-0.25, -0.2) is 14.6 Å². The van der Waals surface area contributed by atoms with Crippen LogP contribution >= 0.6 is 15.9 Å². The van der Waals surface area contributed by atoms with Gasteiger partial charge in [-0.2, -0.15) is 5.10 Å². The normalized spacial score (nSPS) is 16.6. The lowest BCUT2D eigenvalue weighted by Gasteiger charge is -2.40. The van der Waals surface area contributed by atoms with E-state index in [9.17, 15) is 9.59 Å². The van der Waals surface area contributed by atoms with Crippen LogP contribution in [0.15, 0.2) is 35.2 Å². The molecule has 9 nitrogen and oxygen atoms in total. The van der Waals surface area contributed by atoms with Gasteiger partial charge in [0.2, 0.25) is 5.91 Å². The second-order valence-electron chi connectivity index (χ2n) is 8.57. The Morgan fingerprint density at radius 3 is 2.82 bits per heavy atom. The van der Waals surface area contributed by atoms with Crippen LogP contribution in [0.25, 0.3) is 17.1 Å². The molecule has 2 aliphatic rings. The Balaban J connectivity index is 1.71. The molecule has 0 spiro atoms. The number of ether oxygens (including phenoxy) is 1. The molecule has 2 amide bonds. The summed E-state index contributed by atoms with van der Waals surface area (Å²) in [7, 11) is 1.64. The highest BCUT2D eigenvalue weighted by atomic mass is 79.9. The first-order chi connectivity index (χ1) is 15.8. The van der Waals surface area contributed by atoms with Crippen molar-refractivity contribution in [3.63, 3.8) is 0 Å². The molecule has 33 heavy (non-hydrogen) atoms. The van der Waals surface area contributed by atoms with Crippen molar-refractivity contribution in [3.05, 3.63) is 52.0 Å². The third kappa shape index (κ3) is 3.40. The largest absolute Gasteiger partial charge is 0.496 e. The Labute approximate surface area is 199 Å². The Bertz CT molecular complexity index is 1270. The van der Waals surface area contributed by atoms with E-state index < -0.39 is 5.54 Å². The second-order valence-corrected chi connectivity index (χ2v) is 9.43. The van der Waals surface area contributed by atoms with Crippen molar-refractivity contribution in [2.75, 3.05) is 20.2 Å². The Kier molecular flexibility index (Phi) is 5.19. The zero-order valence-electron chi connectivity index (χ0n) is 18.6. The summed E-state index contributed by atoms with van der Waals surface area (Å²) in [5, 5.41) is 7.60. The first-order valence-corrected chi connectivity index (χ1v) is 11.5. The maximum absolute atomic E-state index is 13.8. The number of aryl methyl sites for hydroxylation is 1. The van der Waals surface area contributed by atoms with Crippen LogP contribution < -0.4 is 10.1 Å². The Morgan fingerprint density at radius 1 is 1.27 bits per heavy atom. The van der Waals surface area contributed by atoms with E-state index in [4.69, 9.17) is 9.84 Å². The molecule has 2 aromatic heterocycles. The van der Waals surface area contributed by atoms with E-state index in [1.807, 2.05) is 12.1 Å². The third-order valence-corrected chi connectivity index (χ3v) is 6.96. The molecule has 0 radical (unpaired) electrons. The minimum atomic E-state index is -0.968. The predicted molar refractivity (Wildman–Crippen MR) is 124 cm³/mol. The molecule has 1 aromatic carbocycles. The van der Waals surface area contributed by atoms with E-state index >= 15 is 0 Å². The average Bonchev–Trinajstić information content (AvgIpc) is 3.21. The Morgan fingerprint density at radius 2 is 2.09 bits per heavy atom. The number of hydrogen-bond donors (Lipinski definition) is 1. The molecule has 1 saturated heterocycles. The molecule has 3 aromatic rings. The van der Waals surface area contributed by atoms with Crippen LogP contribution in [-0.4, -0.2) is 62.2 Å². The van der Waals surface area contributed by atoms with Gasteiger partial charge in [-0.3, -0.25) is 9.59 Å². The van der Waals surface area contributed by atoms with Crippen LogP contribution in [0.4, 0.5) is 0 Å². The van der Waals surface area contributed by atoms with E-state index in [2.05, 4.69) is 31.2 Å². The summed E-state index contributed by atoms with van der Waals surface area (Å²) in [5.74, 6) is 0.890. The molecule has 0 saturated carbocycles. The van der Waals surface area contributed by atoms with Crippen molar-refractivity contribution < 1.29 is 14.3 Å². The lowest BCUT2D eigenvalue weighted by Crippen LogP contribution is -2.63. The standard InChI is InChI=1S/C23H23BrN6O3/c1-23(2)22(32)26-8-9-29(23)21(31)19-14-5-4-13-10-17(33-3)16(24)11-15(13)20(14)30(28-19)18-6-7-25-12-27-18/h6-7,10-12H,4-5,8-9H2,1-3H3,(H,26,32). The number of fused-ring (bicyclic) bond motifs is 3. The zero-order valence-corrected chi connectivity index (χ0v) is 20.1. The highest BCUT2D eigenvalue weighted by molar-refractivity contribution is 9.10. The van der Waals surface area contributed by atoms with Gasteiger partial charge in [-0.1, -0.05) is 0 Å². The maximum atomic E-state index is 13.8. The molecular formula is C23H23BrN6O3. The van der Waals surface area contributed by atoms with Crippen LogP contribution in [0.3, 0.4) is 0 Å². The fraction of sp³-hybridized carbons (Fsp3) is 0.348. The molecule has 5 rings (SSSR count). The van der Waals surface area contributed by atoms with Gasteiger partial charge in [0.25, 0.3) is 5.91 Å². The number of amides is 2. The van der Waals surface area contributed by atoms with E-state index in [0.29, 0.717) is 31.0 Å². The fourth-order valence-corrected chi connectivity index (χ4v) is 5.04. The molecule has 1 aliphatic carbocycles. The number of nitrogens with zero attached hydrogens (tertiary/aromatic N) is 5. The van der Waals surface area contributed by atoms with E-state index in [-0.39, 0.29) is 11.8 Å². The highest BCUT2D eigenvalue weighted by Crippen LogP contribution is 2.41. The van der Waals surface area contributed by atoms with Gasteiger partial charge >= 0.3 is 0 Å². The monoisotopic (exact) mass is 510 g/mol. The van der Waals surface area contributed by atoms with E-state index in [0.717, 1.165) is 39.0 Å². The number of piperazine rings is 1. The maximum Gasteiger partial charge on any atom is 0.275 e. The SMILES string of the molecule is COc1cc2c(cc1Br)-c1c(c(C(=O)N3CCNC(=O)C3(C)C)nn1-c1ccncn1)CC2. The fourth-order valence-electron chi connectivity index (χ4n) is 4.53. The predicted octanol–water partition coefficient (Wildman–Crippen LogP) is 2.55. The van der Waals surface area contributed by atoms with Crippen LogP contribution in [0.5, 0.6) is 5.75 Å². The molecule has 1 fully saturated rings. The van der Waals surface area contributed by atoms with Gasteiger partial charge in [0.05, 0.1) is 17.3 Å². The number of carbonyl (C=O) groups is 2. The zero-order chi connectivity index (χ0) is 23.3. The number of benzene rings is 1. The van der Waals surface area contributed by atoms with Gasteiger partial charge < -0.3 is 15.0 Å². The lowest BCUT2D eigenvalue weighted by molar-refractivity contribution is -0.133. The van der Waals surface area contributed by atoms with Crippen molar-refractivity contribution in [1.29, 1.82) is 0 Å². The molecule has 170 valence electrons. The number of rotatable bonds is 3. The summed E-state index contributed by atoms with van der Waals surface area (Å²) in [6.45, 7) is 4.35. The summed E-state index contributed by atoms with van der Waals surface area (Å²) in [6.07, 6.45) is 4.48. The molecule has 0 unspecified atom stereocenters. The smallest absolute Gasteiger partial charge is 0.275 e. The highest BCUT2D eigenvalue weighted by Gasteiger charge is 2.43. The molecule has 3 heterocycles. The minimum Gasteiger partial charge on any atom is -0.496 e. The van der Waals surface area contributed by atoms with Crippen LogP contribution in [0.2, 0.25) is 0 Å². The van der Waals surface area contributed by atoms with Gasteiger partial charge in [-0.15, -0.1) is 0 Å². The first-order valence-electron chi connectivity index (χ1n) is 10.7. The van der Waals surface area contributed by atoms with Crippen molar-refractivity contribution in [2.45, 2.75) is 32.2 Å². The molecule has 10 heteroatoms. The quantitative estimate of drug-likeness (QED) is 0.580. The average molecular weight is 511 g/mol. The number of methoxy groups -OCH3 is 1. The van der Waals surface area contributed by atoms with Crippen LogP contribution in [-0.2, 0) is 17.6 Å². The van der Waals surface area contributed by atoms with Crippen LogP contribution in [0.1, 0.15) is 35.5 Å². The van der Waals surface area contributed by atoms with Gasteiger partial charge in [-0.05, 0) is 60.3 Å². The van der Waals surface area contributed by atoms with Gasteiger partial charge in [0.1, 0.15) is 17.6 Å². The van der Waals surface area contributed by atoms with E-state index in [1.54, 1.807) is 42.8 Å².